The maximum absolute atomic E-state index is 13.7. The second kappa shape index (κ2) is 9.07. The van der Waals surface area contributed by atoms with Crippen LogP contribution in [0, 0.1) is 11.6 Å². The van der Waals surface area contributed by atoms with Crippen LogP contribution in [0.2, 0.25) is 0 Å². The minimum atomic E-state index is -0.991. The highest BCUT2D eigenvalue weighted by atomic mass is 19.1. The number of benzene rings is 1. The van der Waals surface area contributed by atoms with Crippen molar-refractivity contribution in [2.24, 2.45) is 0 Å². The van der Waals surface area contributed by atoms with Crippen LogP contribution < -0.4 is 10.6 Å². The molecular weight excluding hydrogens is 342 g/mol. The van der Waals surface area contributed by atoms with Gasteiger partial charge in [-0.15, -0.1) is 0 Å². The zero-order valence-corrected chi connectivity index (χ0v) is 14.7. The molecule has 6 nitrogen and oxygen atoms in total. The lowest BCUT2D eigenvalue weighted by molar-refractivity contribution is 0.0928. The summed E-state index contributed by atoms with van der Waals surface area (Å²) in [7, 11) is 0. The number of aromatic nitrogens is 2. The standard InChI is InChI=1S/C18H22F2N4O2/c1-3-6-11(7-4-2)22-18(26)16-14(10-21-24-16)23-17(25)15-12(19)8-5-9-13(15)20/h5,8-11H,3-4,6-7H2,1-2H3,(H,21,24)(H,22,26)(H,23,25). The first-order valence-corrected chi connectivity index (χ1v) is 8.57. The van der Waals surface area contributed by atoms with Gasteiger partial charge in [-0.3, -0.25) is 14.7 Å². The number of hydrogen-bond donors (Lipinski definition) is 3. The Labute approximate surface area is 150 Å². The fraction of sp³-hybridized carbons (Fsp3) is 0.389. The fourth-order valence-corrected chi connectivity index (χ4v) is 2.70. The molecule has 0 atom stereocenters. The molecule has 0 saturated heterocycles. The molecule has 0 aliphatic carbocycles. The lowest BCUT2D eigenvalue weighted by atomic mass is 10.1. The zero-order chi connectivity index (χ0) is 19.1. The topological polar surface area (TPSA) is 86.9 Å². The van der Waals surface area contributed by atoms with E-state index in [9.17, 15) is 18.4 Å². The molecule has 0 aliphatic heterocycles. The van der Waals surface area contributed by atoms with Crippen molar-refractivity contribution in [2.45, 2.75) is 45.6 Å². The molecule has 1 heterocycles. The maximum atomic E-state index is 13.7. The van der Waals surface area contributed by atoms with E-state index in [2.05, 4.69) is 20.8 Å². The number of H-pyrrole nitrogens is 1. The second-order valence-electron chi connectivity index (χ2n) is 5.95. The summed E-state index contributed by atoms with van der Waals surface area (Å²) in [5.41, 5.74) is -0.691. The molecule has 1 aromatic heterocycles. The van der Waals surface area contributed by atoms with Gasteiger partial charge in [0.25, 0.3) is 11.8 Å². The minimum absolute atomic E-state index is 0.00163. The number of hydrogen-bond acceptors (Lipinski definition) is 3. The third-order valence-electron chi connectivity index (χ3n) is 3.90. The summed E-state index contributed by atoms with van der Waals surface area (Å²) in [5, 5.41) is 11.5. The lowest BCUT2D eigenvalue weighted by Gasteiger charge is -2.17. The first-order valence-electron chi connectivity index (χ1n) is 8.57. The highest BCUT2D eigenvalue weighted by molar-refractivity contribution is 6.08. The molecule has 3 N–H and O–H groups in total. The molecule has 26 heavy (non-hydrogen) atoms. The summed E-state index contributed by atoms with van der Waals surface area (Å²) in [4.78, 5) is 24.6. The molecule has 1 aromatic carbocycles. The summed E-state index contributed by atoms with van der Waals surface area (Å²) in [6.07, 6.45) is 4.78. The van der Waals surface area contributed by atoms with Crippen LogP contribution >= 0.6 is 0 Å². The van der Waals surface area contributed by atoms with Gasteiger partial charge in [-0.25, -0.2) is 8.78 Å². The van der Waals surface area contributed by atoms with Gasteiger partial charge in [-0.2, -0.15) is 5.10 Å². The van der Waals surface area contributed by atoms with Gasteiger partial charge in [0.2, 0.25) is 0 Å². The molecule has 0 saturated carbocycles. The number of halogens is 2. The number of amides is 2. The van der Waals surface area contributed by atoms with Crippen molar-refractivity contribution in [3.8, 4) is 0 Å². The van der Waals surface area contributed by atoms with Crippen LogP contribution in [0.25, 0.3) is 0 Å². The summed E-state index contributed by atoms with van der Waals surface area (Å²) in [6.45, 7) is 4.05. The third kappa shape index (κ3) is 4.65. The molecule has 0 radical (unpaired) electrons. The molecule has 140 valence electrons. The van der Waals surface area contributed by atoms with E-state index < -0.39 is 29.0 Å². The molecule has 0 unspecified atom stereocenters. The Morgan fingerprint density at radius 2 is 1.73 bits per heavy atom. The van der Waals surface area contributed by atoms with Crippen molar-refractivity contribution in [3.63, 3.8) is 0 Å². The molecule has 2 amide bonds. The Morgan fingerprint density at radius 3 is 2.31 bits per heavy atom. The average Bonchev–Trinajstić information content (AvgIpc) is 3.03. The van der Waals surface area contributed by atoms with Crippen LogP contribution in [0.1, 0.15) is 60.4 Å². The van der Waals surface area contributed by atoms with Gasteiger partial charge in [-0.05, 0) is 25.0 Å². The SMILES string of the molecule is CCCC(CCC)NC(=O)c1n[nH]cc1NC(=O)c1c(F)cccc1F. The Bertz CT molecular complexity index is 750. The van der Waals surface area contributed by atoms with E-state index in [1.54, 1.807) is 0 Å². The van der Waals surface area contributed by atoms with Crippen LogP contribution in [0.3, 0.4) is 0 Å². The smallest absolute Gasteiger partial charge is 0.274 e. The minimum Gasteiger partial charge on any atom is -0.348 e. The van der Waals surface area contributed by atoms with E-state index in [0.717, 1.165) is 37.8 Å². The number of carbonyl (C=O) groups is 2. The molecule has 0 fully saturated rings. The van der Waals surface area contributed by atoms with E-state index in [-0.39, 0.29) is 17.4 Å². The molecule has 0 aliphatic rings. The quantitative estimate of drug-likeness (QED) is 0.668. The summed E-state index contributed by atoms with van der Waals surface area (Å²) < 4.78 is 27.5. The van der Waals surface area contributed by atoms with Gasteiger partial charge < -0.3 is 10.6 Å². The van der Waals surface area contributed by atoms with Gasteiger partial charge in [0.15, 0.2) is 5.69 Å². The van der Waals surface area contributed by atoms with Crippen LogP contribution in [-0.4, -0.2) is 28.1 Å². The predicted octanol–water partition coefficient (Wildman–Crippen LogP) is 3.64. The van der Waals surface area contributed by atoms with Gasteiger partial charge in [0.05, 0.1) is 5.69 Å². The van der Waals surface area contributed by atoms with Crippen LogP contribution in [0.15, 0.2) is 24.4 Å². The third-order valence-corrected chi connectivity index (χ3v) is 3.90. The van der Waals surface area contributed by atoms with E-state index >= 15 is 0 Å². The van der Waals surface area contributed by atoms with Crippen LogP contribution in [-0.2, 0) is 0 Å². The number of aromatic amines is 1. The van der Waals surface area contributed by atoms with Crippen molar-refractivity contribution >= 4 is 17.5 Å². The highest BCUT2D eigenvalue weighted by Gasteiger charge is 2.22. The number of carbonyl (C=O) groups excluding carboxylic acids is 2. The normalized spacial score (nSPS) is 10.8. The Kier molecular flexibility index (Phi) is 6.82. The van der Waals surface area contributed by atoms with Crippen molar-refractivity contribution in [2.75, 3.05) is 5.32 Å². The first-order chi connectivity index (χ1) is 12.5. The van der Waals surface area contributed by atoms with E-state index in [1.165, 1.54) is 12.3 Å². The van der Waals surface area contributed by atoms with Crippen LogP contribution in [0.4, 0.5) is 14.5 Å². The molecule has 2 rings (SSSR count). The Hall–Kier alpha value is -2.77. The van der Waals surface area contributed by atoms with Crippen molar-refractivity contribution in [1.29, 1.82) is 0 Å². The monoisotopic (exact) mass is 364 g/mol. The molecule has 2 aromatic rings. The van der Waals surface area contributed by atoms with Gasteiger partial charge in [0.1, 0.15) is 17.2 Å². The van der Waals surface area contributed by atoms with Crippen molar-refractivity contribution in [3.05, 3.63) is 47.3 Å². The highest BCUT2D eigenvalue weighted by Crippen LogP contribution is 2.17. The van der Waals surface area contributed by atoms with Gasteiger partial charge in [-0.1, -0.05) is 32.8 Å². The van der Waals surface area contributed by atoms with E-state index in [1.807, 2.05) is 13.8 Å². The second-order valence-corrected chi connectivity index (χ2v) is 5.95. The Morgan fingerprint density at radius 1 is 1.12 bits per heavy atom. The van der Waals surface area contributed by atoms with Gasteiger partial charge >= 0.3 is 0 Å². The maximum Gasteiger partial charge on any atom is 0.274 e. The summed E-state index contributed by atoms with van der Waals surface area (Å²) in [5.74, 6) is -3.41. The lowest BCUT2D eigenvalue weighted by Crippen LogP contribution is -2.35. The number of anilines is 1. The van der Waals surface area contributed by atoms with E-state index in [0.29, 0.717) is 0 Å². The van der Waals surface area contributed by atoms with E-state index in [4.69, 9.17) is 0 Å². The van der Waals surface area contributed by atoms with Gasteiger partial charge in [0, 0.05) is 12.2 Å². The zero-order valence-electron chi connectivity index (χ0n) is 14.7. The molecule has 0 spiro atoms. The molecule has 0 bridgehead atoms. The number of nitrogens with one attached hydrogen (secondary N) is 3. The molecular formula is C18H22F2N4O2. The average molecular weight is 364 g/mol. The number of rotatable bonds is 8. The predicted molar refractivity (Wildman–Crippen MR) is 94.0 cm³/mol. The van der Waals surface area contributed by atoms with Crippen molar-refractivity contribution in [1.82, 2.24) is 15.5 Å². The van der Waals surface area contributed by atoms with Crippen molar-refractivity contribution < 1.29 is 18.4 Å². The van der Waals surface area contributed by atoms with Crippen LogP contribution in [0.5, 0.6) is 0 Å². The first kappa shape index (κ1) is 19.6. The molecule has 8 heteroatoms. The largest absolute Gasteiger partial charge is 0.348 e. The summed E-state index contributed by atoms with van der Waals surface area (Å²) >= 11 is 0. The Balaban J connectivity index is 2.15. The number of nitrogens with zero attached hydrogens (tertiary/aromatic N) is 1. The summed E-state index contributed by atoms with van der Waals surface area (Å²) in [6, 6.07) is 3.14. The fourth-order valence-electron chi connectivity index (χ4n) is 2.70.